The van der Waals surface area contributed by atoms with E-state index >= 15 is 0 Å². The Balaban J connectivity index is 1.69. The zero-order valence-electron chi connectivity index (χ0n) is 13.3. The van der Waals surface area contributed by atoms with Gasteiger partial charge in [0.2, 0.25) is 0 Å². The minimum atomic E-state index is -0.0947. The number of fused-ring (bicyclic) bond motifs is 1. The van der Waals surface area contributed by atoms with Crippen molar-refractivity contribution in [2.75, 3.05) is 5.32 Å². The fourth-order valence-electron chi connectivity index (χ4n) is 3.52. The van der Waals surface area contributed by atoms with Crippen LogP contribution in [0.1, 0.15) is 50.3 Å². The number of rotatable bonds is 4. The molecule has 2 saturated carbocycles. The molecule has 1 spiro atoms. The fourth-order valence-corrected chi connectivity index (χ4v) is 3.52. The van der Waals surface area contributed by atoms with Crippen LogP contribution in [-0.2, 0) is 11.3 Å². The Hall–Kier alpha value is -2.08. The number of aromatic amines is 1. The highest BCUT2D eigenvalue weighted by Crippen LogP contribution is 2.44. The lowest BCUT2D eigenvalue weighted by Crippen LogP contribution is -2.36. The summed E-state index contributed by atoms with van der Waals surface area (Å²) in [5, 5.41) is 12.0. The summed E-state index contributed by atoms with van der Waals surface area (Å²) in [5.74, 6) is 0. The maximum Gasteiger partial charge on any atom is 0.157 e. The molecule has 0 unspecified atom stereocenters. The molecular weight excluding hydrogens is 290 g/mol. The predicted molar refractivity (Wildman–Crippen MR) is 88.7 cm³/mol. The summed E-state index contributed by atoms with van der Waals surface area (Å²) in [5.41, 5.74) is 8.36. The number of nitrogens with zero attached hydrogens (tertiary/aromatic N) is 2. The van der Waals surface area contributed by atoms with Gasteiger partial charge in [-0.1, -0.05) is 6.92 Å². The van der Waals surface area contributed by atoms with Gasteiger partial charge in [0.15, 0.2) is 5.65 Å². The molecule has 6 heteroatoms. The molecule has 6 nitrogen and oxygen atoms in total. The van der Waals surface area contributed by atoms with E-state index in [1.165, 1.54) is 19.3 Å². The van der Waals surface area contributed by atoms with Crippen molar-refractivity contribution in [3.63, 3.8) is 0 Å². The Bertz CT molecular complexity index is 801. The number of nitrogens with one attached hydrogen (secondary N) is 3. The lowest BCUT2D eigenvalue weighted by atomic mass is 9.79. The number of hydrogen-bond acceptors (Lipinski definition) is 5. The van der Waals surface area contributed by atoms with Crippen molar-refractivity contribution in [2.45, 2.75) is 57.1 Å². The normalized spacial score (nSPS) is 22.0. The van der Waals surface area contributed by atoms with E-state index in [-0.39, 0.29) is 5.60 Å². The summed E-state index contributed by atoms with van der Waals surface area (Å²) in [4.78, 5) is 10.7. The van der Waals surface area contributed by atoms with Gasteiger partial charge in [-0.25, -0.2) is 4.98 Å². The van der Waals surface area contributed by atoms with Crippen LogP contribution in [0, 0.1) is 0 Å². The van der Waals surface area contributed by atoms with Gasteiger partial charge >= 0.3 is 0 Å². The Morgan fingerprint density at radius 3 is 2.91 bits per heavy atom. The topological polar surface area (TPSA) is 74.9 Å². The number of hydrogen-bond donors (Lipinski definition) is 3. The van der Waals surface area contributed by atoms with Crippen LogP contribution >= 0.6 is 0 Å². The highest BCUT2D eigenvalue weighted by molar-refractivity contribution is 5.96. The predicted octanol–water partition coefficient (Wildman–Crippen LogP) is 2.89. The second-order valence-electron chi connectivity index (χ2n) is 6.89. The summed E-state index contributed by atoms with van der Waals surface area (Å²) < 4.78 is 0. The first-order chi connectivity index (χ1) is 11.3. The molecule has 1 aliphatic heterocycles. The van der Waals surface area contributed by atoms with Gasteiger partial charge in [0.25, 0.3) is 0 Å². The van der Waals surface area contributed by atoms with Crippen molar-refractivity contribution in [3.8, 4) is 0 Å². The molecule has 2 aromatic rings. The SMILES string of the molecule is CCc1nc2[nH]ncc2c(NC2CC2)c1C1=CC2(CCC2)ON1. The fraction of sp³-hybridized carbons (Fsp3) is 0.529. The second kappa shape index (κ2) is 4.71. The van der Waals surface area contributed by atoms with E-state index < -0.39 is 0 Å². The number of aromatic nitrogens is 3. The molecule has 3 aliphatic rings. The van der Waals surface area contributed by atoms with Crippen LogP contribution < -0.4 is 10.8 Å². The van der Waals surface area contributed by atoms with Gasteiger partial charge in [-0.2, -0.15) is 5.10 Å². The minimum Gasteiger partial charge on any atom is -0.381 e. The van der Waals surface area contributed by atoms with Gasteiger partial charge in [-0.3, -0.25) is 15.4 Å². The van der Waals surface area contributed by atoms with Gasteiger partial charge in [-0.15, -0.1) is 0 Å². The Morgan fingerprint density at radius 2 is 2.26 bits per heavy atom. The average molecular weight is 311 g/mol. The van der Waals surface area contributed by atoms with Gasteiger partial charge < -0.3 is 5.32 Å². The summed E-state index contributed by atoms with van der Waals surface area (Å²) in [6.07, 6.45) is 10.9. The Labute approximate surface area is 134 Å². The molecule has 2 fully saturated rings. The zero-order chi connectivity index (χ0) is 15.4. The Kier molecular flexibility index (Phi) is 2.74. The zero-order valence-corrected chi connectivity index (χ0v) is 13.3. The first-order valence-corrected chi connectivity index (χ1v) is 8.58. The van der Waals surface area contributed by atoms with E-state index in [1.807, 2.05) is 6.20 Å². The third-order valence-electron chi connectivity index (χ3n) is 5.18. The van der Waals surface area contributed by atoms with E-state index in [1.54, 1.807) is 0 Å². The van der Waals surface area contributed by atoms with Crippen LogP contribution in [0.5, 0.6) is 0 Å². The van der Waals surface area contributed by atoms with Crippen molar-refractivity contribution >= 4 is 22.4 Å². The molecule has 0 saturated heterocycles. The number of aryl methyl sites for hydroxylation is 1. The molecule has 2 aromatic heterocycles. The molecular formula is C17H21N5O. The summed E-state index contributed by atoms with van der Waals surface area (Å²) in [6.45, 7) is 2.14. The Morgan fingerprint density at radius 1 is 1.39 bits per heavy atom. The quantitative estimate of drug-likeness (QED) is 0.809. The van der Waals surface area contributed by atoms with Crippen LogP contribution in [0.4, 0.5) is 5.69 Å². The lowest BCUT2D eigenvalue weighted by Gasteiger charge is -2.33. The third-order valence-corrected chi connectivity index (χ3v) is 5.18. The summed E-state index contributed by atoms with van der Waals surface area (Å²) >= 11 is 0. The molecule has 0 bridgehead atoms. The standard InChI is InChI=1S/C17H21N5O/c1-2-12-14(13-8-17(23-22-13)6-3-7-17)15(19-10-4-5-10)11-9-18-21-16(11)20-12/h8-10,22H,2-7H2,1H3,(H2,18,19,20,21). The van der Waals surface area contributed by atoms with E-state index in [9.17, 15) is 0 Å². The van der Waals surface area contributed by atoms with Crippen LogP contribution in [0.15, 0.2) is 12.3 Å². The number of H-pyrrole nitrogens is 1. The molecule has 0 radical (unpaired) electrons. The largest absolute Gasteiger partial charge is 0.381 e. The van der Waals surface area contributed by atoms with E-state index in [2.05, 4.69) is 34.0 Å². The van der Waals surface area contributed by atoms with Crippen LogP contribution in [0.25, 0.3) is 16.7 Å². The molecule has 2 aliphatic carbocycles. The molecule has 5 rings (SSSR count). The molecule has 0 atom stereocenters. The number of pyridine rings is 1. The van der Waals surface area contributed by atoms with Gasteiger partial charge in [-0.05, 0) is 44.6 Å². The highest BCUT2D eigenvalue weighted by Gasteiger charge is 2.42. The van der Waals surface area contributed by atoms with Crippen molar-refractivity contribution in [3.05, 3.63) is 23.5 Å². The molecule has 120 valence electrons. The van der Waals surface area contributed by atoms with Gasteiger partial charge in [0.1, 0.15) is 5.60 Å². The lowest BCUT2D eigenvalue weighted by molar-refractivity contribution is -0.0821. The van der Waals surface area contributed by atoms with Crippen molar-refractivity contribution in [2.24, 2.45) is 0 Å². The number of hydroxylamine groups is 1. The van der Waals surface area contributed by atoms with E-state index in [4.69, 9.17) is 9.82 Å². The molecule has 23 heavy (non-hydrogen) atoms. The molecule has 3 N–H and O–H groups in total. The van der Waals surface area contributed by atoms with Crippen molar-refractivity contribution in [1.82, 2.24) is 20.7 Å². The average Bonchev–Trinajstić information content (AvgIpc) is 3.04. The molecule has 0 amide bonds. The molecule has 0 aromatic carbocycles. The summed E-state index contributed by atoms with van der Waals surface area (Å²) in [6, 6.07) is 0.569. The van der Waals surface area contributed by atoms with E-state index in [0.717, 1.165) is 52.9 Å². The van der Waals surface area contributed by atoms with E-state index in [0.29, 0.717) is 6.04 Å². The highest BCUT2D eigenvalue weighted by atomic mass is 16.7. The van der Waals surface area contributed by atoms with Crippen molar-refractivity contribution in [1.29, 1.82) is 0 Å². The maximum atomic E-state index is 5.89. The maximum absolute atomic E-state index is 5.89. The van der Waals surface area contributed by atoms with Crippen LogP contribution in [-0.4, -0.2) is 26.8 Å². The first kappa shape index (κ1) is 13.4. The van der Waals surface area contributed by atoms with Crippen LogP contribution in [0.3, 0.4) is 0 Å². The first-order valence-electron chi connectivity index (χ1n) is 8.58. The third kappa shape index (κ3) is 2.05. The van der Waals surface area contributed by atoms with Crippen LogP contribution in [0.2, 0.25) is 0 Å². The van der Waals surface area contributed by atoms with Crippen molar-refractivity contribution < 1.29 is 4.84 Å². The minimum absolute atomic E-state index is 0.0947. The van der Waals surface area contributed by atoms with Gasteiger partial charge in [0, 0.05) is 11.6 Å². The second-order valence-corrected chi connectivity index (χ2v) is 6.89. The smallest absolute Gasteiger partial charge is 0.157 e. The number of anilines is 1. The molecule has 3 heterocycles. The monoisotopic (exact) mass is 311 g/mol. The summed E-state index contributed by atoms with van der Waals surface area (Å²) in [7, 11) is 0. The van der Waals surface area contributed by atoms with Gasteiger partial charge in [0.05, 0.1) is 28.7 Å².